The lowest BCUT2D eigenvalue weighted by Gasteiger charge is -2.04. The molecule has 0 aliphatic heterocycles. The Kier molecular flexibility index (Phi) is 2.59. The number of aromatic nitrogens is 3. The number of aryl methyl sites for hydroxylation is 1. The fourth-order valence-electron chi connectivity index (χ4n) is 1.95. The lowest BCUT2D eigenvalue weighted by molar-refractivity contribution is 0.628. The molecule has 0 saturated carbocycles. The van der Waals surface area contributed by atoms with Gasteiger partial charge >= 0.3 is 0 Å². The first-order valence-corrected chi connectivity index (χ1v) is 5.75. The van der Waals surface area contributed by atoms with Gasteiger partial charge in [-0.25, -0.2) is 9.07 Å². The average Bonchev–Trinajstić information content (AvgIpc) is 2.44. The van der Waals surface area contributed by atoms with E-state index in [-0.39, 0.29) is 11.4 Å². The van der Waals surface area contributed by atoms with Gasteiger partial charge in [-0.3, -0.25) is 4.79 Å². The Morgan fingerprint density at radius 3 is 2.47 bits per heavy atom. The molecular weight excluding hydrogens is 245 g/mol. The van der Waals surface area contributed by atoms with Crippen LogP contribution in [0.3, 0.4) is 0 Å². The molecular formula is C14H10FN3O. The van der Waals surface area contributed by atoms with Crippen molar-refractivity contribution in [3.8, 4) is 11.1 Å². The van der Waals surface area contributed by atoms with Crippen molar-refractivity contribution in [2.75, 3.05) is 0 Å². The highest BCUT2D eigenvalue weighted by molar-refractivity contribution is 5.83. The van der Waals surface area contributed by atoms with Crippen molar-refractivity contribution in [2.24, 2.45) is 7.05 Å². The third-order valence-corrected chi connectivity index (χ3v) is 2.99. The average molecular weight is 255 g/mol. The summed E-state index contributed by atoms with van der Waals surface area (Å²) >= 11 is 0. The van der Waals surface area contributed by atoms with Crippen LogP contribution in [0.2, 0.25) is 0 Å². The second-order valence-electron chi connectivity index (χ2n) is 4.26. The normalized spacial score (nSPS) is 10.8. The Morgan fingerprint density at radius 1 is 1.05 bits per heavy atom. The SMILES string of the molecule is Cn1nnc2ccc(-c3ccc(F)cc3)cc2c1=O. The molecule has 0 amide bonds. The van der Waals surface area contributed by atoms with E-state index >= 15 is 0 Å². The molecule has 0 bridgehead atoms. The van der Waals surface area contributed by atoms with Gasteiger partial charge in [-0.2, -0.15) is 0 Å². The zero-order valence-electron chi connectivity index (χ0n) is 10.2. The molecule has 0 aliphatic rings. The predicted octanol–water partition coefficient (Wildman–Crippen LogP) is 2.13. The second kappa shape index (κ2) is 4.28. The lowest BCUT2D eigenvalue weighted by atomic mass is 10.0. The number of halogens is 1. The van der Waals surface area contributed by atoms with E-state index in [0.29, 0.717) is 10.9 Å². The number of hydrogen-bond donors (Lipinski definition) is 0. The van der Waals surface area contributed by atoms with Gasteiger partial charge in [-0.15, -0.1) is 5.10 Å². The molecule has 19 heavy (non-hydrogen) atoms. The van der Waals surface area contributed by atoms with E-state index in [1.807, 2.05) is 6.07 Å². The monoisotopic (exact) mass is 255 g/mol. The summed E-state index contributed by atoms with van der Waals surface area (Å²) in [6.45, 7) is 0. The van der Waals surface area contributed by atoms with Gasteiger partial charge in [-0.05, 0) is 35.4 Å². The summed E-state index contributed by atoms with van der Waals surface area (Å²) in [5.41, 5.74) is 2.04. The summed E-state index contributed by atoms with van der Waals surface area (Å²) in [4.78, 5) is 12.0. The molecule has 94 valence electrons. The highest BCUT2D eigenvalue weighted by atomic mass is 19.1. The second-order valence-corrected chi connectivity index (χ2v) is 4.26. The number of fused-ring (bicyclic) bond motifs is 1. The smallest absolute Gasteiger partial charge is 0.267 e. The van der Waals surface area contributed by atoms with E-state index in [1.165, 1.54) is 16.8 Å². The van der Waals surface area contributed by atoms with Crippen LogP contribution >= 0.6 is 0 Å². The van der Waals surface area contributed by atoms with Gasteiger partial charge in [0.15, 0.2) is 0 Å². The van der Waals surface area contributed by atoms with Crippen molar-refractivity contribution in [2.45, 2.75) is 0 Å². The number of nitrogens with zero attached hydrogens (tertiary/aromatic N) is 3. The van der Waals surface area contributed by atoms with Crippen LogP contribution in [0.4, 0.5) is 4.39 Å². The summed E-state index contributed by atoms with van der Waals surface area (Å²) in [6, 6.07) is 11.5. The molecule has 0 aliphatic carbocycles. The summed E-state index contributed by atoms with van der Waals surface area (Å²) in [7, 11) is 1.55. The Bertz CT molecular complexity index is 809. The van der Waals surface area contributed by atoms with Crippen LogP contribution in [-0.2, 0) is 7.05 Å². The third kappa shape index (κ3) is 1.99. The van der Waals surface area contributed by atoms with E-state index in [1.54, 1.807) is 31.3 Å². The van der Waals surface area contributed by atoms with Crippen LogP contribution in [0.25, 0.3) is 22.0 Å². The minimum absolute atomic E-state index is 0.200. The van der Waals surface area contributed by atoms with Crippen LogP contribution in [0.5, 0.6) is 0 Å². The molecule has 0 radical (unpaired) electrons. The van der Waals surface area contributed by atoms with Gasteiger partial charge in [0, 0.05) is 7.05 Å². The molecule has 2 aromatic carbocycles. The van der Waals surface area contributed by atoms with Crippen LogP contribution < -0.4 is 5.56 Å². The van der Waals surface area contributed by atoms with Gasteiger partial charge in [0.2, 0.25) is 0 Å². The van der Waals surface area contributed by atoms with Crippen molar-refractivity contribution in [3.63, 3.8) is 0 Å². The standard InChI is InChI=1S/C14H10FN3O/c1-18-14(19)12-8-10(4-7-13(12)16-17-18)9-2-5-11(15)6-3-9/h2-8H,1H3. The topological polar surface area (TPSA) is 47.8 Å². The molecule has 0 saturated heterocycles. The first-order valence-electron chi connectivity index (χ1n) is 5.75. The van der Waals surface area contributed by atoms with E-state index in [0.717, 1.165) is 11.1 Å². The van der Waals surface area contributed by atoms with E-state index in [9.17, 15) is 9.18 Å². The Balaban J connectivity index is 2.23. The molecule has 3 rings (SSSR count). The third-order valence-electron chi connectivity index (χ3n) is 2.99. The summed E-state index contributed by atoms with van der Waals surface area (Å²) < 4.78 is 14.1. The minimum Gasteiger partial charge on any atom is -0.267 e. The molecule has 0 N–H and O–H groups in total. The fourth-order valence-corrected chi connectivity index (χ4v) is 1.95. The van der Waals surface area contributed by atoms with Gasteiger partial charge in [0.1, 0.15) is 11.3 Å². The maximum Gasteiger partial charge on any atom is 0.277 e. The van der Waals surface area contributed by atoms with Crippen molar-refractivity contribution in [1.29, 1.82) is 0 Å². The molecule has 3 aromatic rings. The maximum atomic E-state index is 12.9. The van der Waals surface area contributed by atoms with Crippen molar-refractivity contribution in [3.05, 3.63) is 58.6 Å². The molecule has 0 spiro atoms. The quantitative estimate of drug-likeness (QED) is 0.669. The van der Waals surface area contributed by atoms with Crippen molar-refractivity contribution >= 4 is 10.9 Å². The van der Waals surface area contributed by atoms with E-state index < -0.39 is 0 Å². The molecule has 5 heteroatoms. The summed E-state index contributed by atoms with van der Waals surface area (Å²) in [6.07, 6.45) is 0. The predicted molar refractivity (Wildman–Crippen MR) is 70.2 cm³/mol. The fraction of sp³-hybridized carbons (Fsp3) is 0.0714. The molecule has 1 heterocycles. The van der Waals surface area contributed by atoms with Crippen LogP contribution in [-0.4, -0.2) is 15.0 Å². The minimum atomic E-state index is -0.286. The highest BCUT2D eigenvalue weighted by Gasteiger charge is 2.05. The number of hydrogen-bond acceptors (Lipinski definition) is 3. The van der Waals surface area contributed by atoms with E-state index in [2.05, 4.69) is 10.3 Å². The lowest BCUT2D eigenvalue weighted by Crippen LogP contribution is -2.20. The highest BCUT2D eigenvalue weighted by Crippen LogP contribution is 2.22. The van der Waals surface area contributed by atoms with Crippen molar-refractivity contribution < 1.29 is 4.39 Å². The van der Waals surface area contributed by atoms with Crippen molar-refractivity contribution in [1.82, 2.24) is 15.0 Å². The van der Waals surface area contributed by atoms with Gasteiger partial charge < -0.3 is 0 Å². The first kappa shape index (κ1) is 11.5. The van der Waals surface area contributed by atoms with Gasteiger partial charge in [0.25, 0.3) is 5.56 Å². The molecule has 4 nitrogen and oxygen atoms in total. The molecule has 0 fully saturated rings. The maximum absolute atomic E-state index is 12.9. The molecule has 0 unspecified atom stereocenters. The number of rotatable bonds is 1. The molecule has 1 aromatic heterocycles. The van der Waals surface area contributed by atoms with Crippen LogP contribution in [0, 0.1) is 5.82 Å². The summed E-state index contributed by atoms with van der Waals surface area (Å²) in [5.74, 6) is -0.286. The van der Waals surface area contributed by atoms with Gasteiger partial charge in [0.05, 0.1) is 5.39 Å². The molecule has 0 atom stereocenters. The zero-order valence-corrected chi connectivity index (χ0v) is 10.2. The Labute approximate surface area is 108 Å². The largest absolute Gasteiger partial charge is 0.277 e. The zero-order chi connectivity index (χ0) is 13.4. The first-order chi connectivity index (χ1) is 9.15. The summed E-state index contributed by atoms with van der Waals surface area (Å²) in [5, 5.41) is 8.17. The van der Waals surface area contributed by atoms with Crippen LogP contribution in [0.15, 0.2) is 47.3 Å². The van der Waals surface area contributed by atoms with Crippen LogP contribution in [0.1, 0.15) is 0 Å². The Morgan fingerprint density at radius 2 is 1.74 bits per heavy atom. The number of benzene rings is 2. The van der Waals surface area contributed by atoms with Gasteiger partial charge in [-0.1, -0.05) is 23.4 Å². The Hall–Kier alpha value is -2.56. The van der Waals surface area contributed by atoms with E-state index in [4.69, 9.17) is 0 Å².